The van der Waals surface area contributed by atoms with Crippen LogP contribution in [-0.4, -0.2) is 0 Å². The average Bonchev–Trinajstić information content (AvgIpc) is 2.78. The fraction of sp³-hybridized carbons (Fsp3) is 0.241. The Kier molecular flexibility index (Phi) is 13.4. The van der Waals surface area contributed by atoms with E-state index in [4.69, 9.17) is 0 Å². The molecule has 172 valence electrons. The lowest BCUT2D eigenvalue weighted by molar-refractivity contribution is 0.552. The van der Waals surface area contributed by atoms with E-state index in [0.717, 1.165) is 18.4 Å². The van der Waals surface area contributed by atoms with Crippen LogP contribution >= 0.6 is 0 Å². The highest BCUT2D eigenvalue weighted by Crippen LogP contribution is 2.29. The fourth-order valence-electron chi connectivity index (χ4n) is 2.38. The van der Waals surface area contributed by atoms with Gasteiger partial charge in [-0.1, -0.05) is 83.2 Å². The largest absolute Gasteiger partial charge is 0.206 e. The van der Waals surface area contributed by atoms with Crippen LogP contribution in [-0.2, 0) is 0 Å². The molecule has 32 heavy (non-hydrogen) atoms. The predicted molar refractivity (Wildman–Crippen MR) is 135 cm³/mol. The Labute approximate surface area is 192 Å². The van der Waals surface area contributed by atoms with Crippen LogP contribution in [0, 0.1) is 0 Å². The third kappa shape index (κ3) is 9.82. The van der Waals surface area contributed by atoms with Crippen LogP contribution in [0.4, 0.5) is 13.2 Å². The van der Waals surface area contributed by atoms with Gasteiger partial charge in [0.25, 0.3) is 0 Å². The number of hydrogen-bond donors (Lipinski definition) is 0. The Morgan fingerprint density at radius 3 is 1.94 bits per heavy atom. The minimum atomic E-state index is -1.11. The van der Waals surface area contributed by atoms with E-state index in [1.807, 2.05) is 32.1 Å². The summed E-state index contributed by atoms with van der Waals surface area (Å²) in [6.07, 6.45) is 12.4. The van der Waals surface area contributed by atoms with Gasteiger partial charge < -0.3 is 0 Å². The quantitative estimate of drug-likeness (QED) is 0.186. The maximum Gasteiger partial charge on any atom is 0.166 e. The molecule has 0 nitrogen and oxygen atoms in total. The van der Waals surface area contributed by atoms with Crippen molar-refractivity contribution in [2.75, 3.05) is 0 Å². The first-order chi connectivity index (χ1) is 15.0. The van der Waals surface area contributed by atoms with E-state index < -0.39 is 17.5 Å². The molecule has 0 aliphatic heterocycles. The molecule has 3 heteroatoms. The summed E-state index contributed by atoms with van der Waals surface area (Å²) >= 11 is 0. The molecule has 0 heterocycles. The monoisotopic (exact) mass is 440 g/mol. The molecule has 0 amide bonds. The van der Waals surface area contributed by atoms with Crippen molar-refractivity contribution in [3.8, 4) is 0 Å². The molecule has 0 saturated carbocycles. The highest BCUT2D eigenvalue weighted by molar-refractivity contribution is 5.54. The van der Waals surface area contributed by atoms with Crippen molar-refractivity contribution in [1.29, 1.82) is 0 Å². The minimum Gasteiger partial charge on any atom is -0.206 e. The molecule has 0 aromatic carbocycles. The molecule has 0 N–H and O–H groups in total. The zero-order valence-electron chi connectivity index (χ0n) is 19.7. The SMILES string of the molecule is C=C(/C=C\C(=C)C(=C)/C(F)=C(/F)C(=C)CC/C=C/C)C(=C)/C=C(/F)C(=C)/C(C)=C/CCC. The molecular weight excluding hydrogens is 405 g/mol. The first kappa shape index (κ1) is 28.9. The van der Waals surface area contributed by atoms with Crippen molar-refractivity contribution in [1.82, 2.24) is 0 Å². The molecule has 0 aromatic heterocycles. The molecule has 0 aliphatic rings. The summed E-state index contributed by atoms with van der Waals surface area (Å²) in [6.45, 7) is 28.0. The van der Waals surface area contributed by atoms with E-state index >= 15 is 0 Å². The average molecular weight is 441 g/mol. The highest BCUT2D eigenvalue weighted by atomic mass is 19.2. The van der Waals surface area contributed by atoms with Crippen LogP contribution in [0.5, 0.6) is 0 Å². The summed E-state index contributed by atoms with van der Waals surface area (Å²) in [5.41, 5.74) is 1.76. The first-order valence-corrected chi connectivity index (χ1v) is 10.5. The lowest BCUT2D eigenvalue weighted by Gasteiger charge is -2.08. The van der Waals surface area contributed by atoms with E-state index in [2.05, 4.69) is 39.5 Å². The molecule has 0 fully saturated rings. The van der Waals surface area contributed by atoms with Gasteiger partial charge in [0, 0.05) is 11.1 Å². The molecule has 0 radical (unpaired) electrons. The van der Waals surface area contributed by atoms with E-state index in [-0.39, 0.29) is 22.3 Å². The third-order valence-electron chi connectivity index (χ3n) is 4.71. The van der Waals surface area contributed by atoms with Crippen LogP contribution in [0.2, 0.25) is 0 Å². The lowest BCUT2D eigenvalue weighted by Crippen LogP contribution is -1.92. The number of unbranched alkanes of at least 4 members (excludes halogenated alkanes) is 1. The lowest BCUT2D eigenvalue weighted by atomic mass is 10.0. The van der Waals surface area contributed by atoms with Crippen LogP contribution in [0.3, 0.4) is 0 Å². The maximum atomic E-state index is 14.4. The van der Waals surface area contributed by atoms with Crippen molar-refractivity contribution in [3.63, 3.8) is 0 Å². The molecule has 0 aliphatic carbocycles. The maximum absolute atomic E-state index is 14.4. The van der Waals surface area contributed by atoms with Crippen LogP contribution in [0.15, 0.2) is 132 Å². The minimum absolute atomic E-state index is 0.0560. The summed E-state index contributed by atoms with van der Waals surface area (Å²) < 4.78 is 43.2. The second kappa shape index (κ2) is 14.9. The summed E-state index contributed by atoms with van der Waals surface area (Å²) in [6, 6.07) is 0. The third-order valence-corrected chi connectivity index (χ3v) is 4.71. The number of rotatable bonds is 14. The van der Waals surface area contributed by atoms with E-state index in [0.29, 0.717) is 24.0 Å². The van der Waals surface area contributed by atoms with Gasteiger partial charge in [0.15, 0.2) is 11.7 Å². The number of hydrogen-bond acceptors (Lipinski definition) is 0. The van der Waals surface area contributed by atoms with Gasteiger partial charge in [0.1, 0.15) is 5.83 Å². The Hall–Kier alpha value is -3.07. The fourth-order valence-corrected chi connectivity index (χ4v) is 2.38. The Balaban J connectivity index is 5.23. The van der Waals surface area contributed by atoms with Gasteiger partial charge >= 0.3 is 0 Å². The highest BCUT2D eigenvalue weighted by Gasteiger charge is 2.14. The molecule has 0 atom stereocenters. The van der Waals surface area contributed by atoms with Gasteiger partial charge in [-0.05, 0) is 67.1 Å². The molecule has 0 aromatic rings. The first-order valence-electron chi connectivity index (χ1n) is 10.5. The zero-order chi connectivity index (χ0) is 24.8. The molecule has 0 bridgehead atoms. The van der Waals surface area contributed by atoms with Gasteiger partial charge in [-0.15, -0.1) is 0 Å². The van der Waals surface area contributed by atoms with E-state index in [1.54, 1.807) is 6.92 Å². The number of halogens is 3. The number of allylic oxidation sites excluding steroid dienone is 16. The van der Waals surface area contributed by atoms with E-state index in [1.165, 1.54) is 18.2 Å². The van der Waals surface area contributed by atoms with Gasteiger partial charge in [0.2, 0.25) is 0 Å². The Morgan fingerprint density at radius 2 is 1.38 bits per heavy atom. The molecular formula is C29H35F3. The van der Waals surface area contributed by atoms with Crippen molar-refractivity contribution in [2.24, 2.45) is 0 Å². The normalized spacial score (nSPS) is 13.3. The standard InChI is InChI=1S/C29H35F3/c1-10-12-14-16-23(6)28(31)29(32)26(9)22(5)18-17-20(3)24(7)19-27(30)25(8)21(4)15-13-11-2/h10,12,15,17-19H,3,5-9,11,13-14,16H2,1-2,4H3/b12-10+,18-17-,21-15+,27-19+,29-28-. The van der Waals surface area contributed by atoms with Crippen molar-refractivity contribution < 1.29 is 13.2 Å². The van der Waals surface area contributed by atoms with Crippen molar-refractivity contribution in [2.45, 2.75) is 46.5 Å². The second-order valence-corrected chi connectivity index (χ2v) is 7.37. The summed E-state index contributed by atoms with van der Waals surface area (Å²) in [4.78, 5) is 0. The molecule has 0 unspecified atom stereocenters. The molecule has 0 rings (SSSR count). The van der Waals surface area contributed by atoms with E-state index in [9.17, 15) is 13.2 Å². The van der Waals surface area contributed by atoms with Crippen LogP contribution in [0.1, 0.15) is 46.5 Å². The van der Waals surface area contributed by atoms with Crippen molar-refractivity contribution >= 4 is 0 Å². The predicted octanol–water partition coefficient (Wildman–Crippen LogP) is 9.99. The van der Waals surface area contributed by atoms with Gasteiger partial charge in [0.05, 0.1) is 0 Å². The Bertz CT molecular complexity index is 927. The van der Waals surface area contributed by atoms with Crippen LogP contribution in [0.25, 0.3) is 0 Å². The van der Waals surface area contributed by atoms with Gasteiger partial charge in [-0.25, -0.2) is 13.2 Å². The van der Waals surface area contributed by atoms with Gasteiger partial charge in [-0.2, -0.15) is 0 Å². The smallest absolute Gasteiger partial charge is 0.166 e. The zero-order valence-corrected chi connectivity index (χ0v) is 19.7. The van der Waals surface area contributed by atoms with Crippen molar-refractivity contribution in [3.05, 3.63) is 132 Å². The Morgan fingerprint density at radius 1 is 0.781 bits per heavy atom. The molecule has 0 spiro atoms. The summed E-state index contributed by atoms with van der Waals surface area (Å²) in [5, 5.41) is 0. The summed E-state index contributed by atoms with van der Waals surface area (Å²) in [5.74, 6) is -2.65. The molecule has 0 saturated heterocycles. The second-order valence-electron chi connectivity index (χ2n) is 7.37. The van der Waals surface area contributed by atoms with Crippen LogP contribution < -0.4 is 0 Å². The topological polar surface area (TPSA) is 0 Å². The van der Waals surface area contributed by atoms with Gasteiger partial charge in [-0.3, -0.25) is 0 Å². The summed E-state index contributed by atoms with van der Waals surface area (Å²) in [7, 11) is 0.